The molecule has 4 aromatic rings. The summed E-state index contributed by atoms with van der Waals surface area (Å²) in [5.41, 5.74) is 6.20. The summed E-state index contributed by atoms with van der Waals surface area (Å²) in [6, 6.07) is 19.6. The van der Waals surface area contributed by atoms with Crippen LogP contribution < -0.4 is 4.74 Å². The van der Waals surface area contributed by atoms with Crippen molar-refractivity contribution < 1.29 is 4.74 Å². The molecule has 0 atom stereocenters. The van der Waals surface area contributed by atoms with Crippen LogP contribution >= 0.6 is 0 Å². The third-order valence-electron chi connectivity index (χ3n) is 5.25. The van der Waals surface area contributed by atoms with Crippen LogP contribution in [0.25, 0.3) is 32.8 Å². The zero-order chi connectivity index (χ0) is 16.8. The average molecular weight is 325 g/mol. The molecule has 25 heavy (non-hydrogen) atoms. The predicted molar refractivity (Wildman–Crippen MR) is 103 cm³/mol. The van der Waals surface area contributed by atoms with E-state index in [4.69, 9.17) is 9.72 Å². The van der Waals surface area contributed by atoms with Crippen molar-refractivity contribution in [1.29, 1.82) is 0 Å². The molecule has 1 aliphatic heterocycles. The molecule has 0 fully saturated rings. The van der Waals surface area contributed by atoms with E-state index in [2.05, 4.69) is 61.5 Å². The van der Waals surface area contributed by atoms with E-state index in [1.165, 1.54) is 38.4 Å². The van der Waals surface area contributed by atoms with Crippen molar-refractivity contribution >= 4 is 21.7 Å². The molecule has 0 unspecified atom stereocenters. The highest BCUT2D eigenvalue weighted by Crippen LogP contribution is 2.40. The largest absolute Gasteiger partial charge is 0.493 e. The SMILES string of the molecule is CCc1ccc(-c2ccc3c4c(ccnc24)CCO3)c2ccccc12. The first-order chi connectivity index (χ1) is 12.4. The maximum absolute atomic E-state index is 5.87. The molecule has 3 aromatic carbocycles. The molecule has 0 radical (unpaired) electrons. The molecule has 5 rings (SSSR count). The second-order valence-electron chi connectivity index (χ2n) is 6.57. The van der Waals surface area contributed by atoms with Crippen LogP contribution in [0, 0.1) is 0 Å². The van der Waals surface area contributed by atoms with Gasteiger partial charge in [-0.05, 0) is 52.1 Å². The summed E-state index contributed by atoms with van der Waals surface area (Å²) in [7, 11) is 0. The standard InChI is InChI=1S/C23H19NO/c1-2-15-7-8-19(18-6-4-3-5-17(15)18)20-9-10-21-22-16(12-14-25-21)11-13-24-23(20)22/h3-11,13H,2,12,14H2,1H3. The second kappa shape index (κ2) is 5.59. The van der Waals surface area contributed by atoms with Crippen LogP contribution in [0.15, 0.2) is 60.8 Å². The summed E-state index contributed by atoms with van der Waals surface area (Å²) in [5.74, 6) is 0.961. The van der Waals surface area contributed by atoms with Gasteiger partial charge in [-0.2, -0.15) is 0 Å². The lowest BCUT2D eigenvalue weighted by molar-refractivity contribution is 0.318. The topological polar surface area (TPSA) is 22.1 Å². The number of aryl methyl sites for hydroxylation is 1. The molecule has 1 aromatic heterocycles. The van der Waals surface area contributed by atoms with Crippen LogP contribution in [-0.2, 0) is 12.8 Å². The number of hydrogen-bond acceptors (Lipinski definition) is 2. The highest BCUT2D eigenvalue weighted by atomic mass is 16.5. The van der Waals surface area contributed by atoms with Crippen molar-refractivity contribution in [3.05, 3.63) is 71.9 Å². The summed E-state index contributed by atoms with van der Waals surface area (Å²) in [6.07, 6.45) is 3.92. The summed E-state index contributed by atoms with van der Waals surface area (Å²) in [6.45, 7) is 2.96. The molecule has 2 heteroatoms. The van der Waals surface area contributed by atoms with Crippen molar-refractivity contribution in [3.63, 3.8) is 0 Å². The number of fused-ring (bicyclic) bond motifs is 1. The third-order valence-corrected chi connectivity index (χ3v) is 5.25. The maximum Gasteiger partial charge on any atom is 0.129 e. The Morgan fingerprint density at radius 2 is 1.76 bits per heavy atom. The van der Waals surface area contributed by atoms with E-state index in [1.54, 1.807) is 0 Å². The van der Waals surface area contributed by atoms with Gasteiger partial charge in [-0.1, -0.05) is 43.3 Å². The predicted octanol–water partition coefficient (Wildman–Crippen LogP) is 5.55. The highest BCUT2D eigenvalue weighted by Gasteiger charge is 2.18. The lowest BCUT2D eigenvalue weighted by Crippen LogP contribution is -2.09. The van der Waals surface area contributed by atoms with Gasteiger partial charge in [0.2, 0.25) is 0 Å². The van der Waals surface area contributed by atoms with E-state index in [-0.39, 0.29) is 0 Å². The monoisotopic (exact) mass is 325 g/mol. The number of ether oxygens (including phenoxy) is 1. The van der Waals surface area contributed by atoms with Crippen LogP contribution in [0.4, 0.5) is 0 Å². The molecular formula is C23H19NO. The van der Waals surface area contributed by atoms with Crippen molar-refractivity contribution in [2.45, 2.75) is 19.8 Å². The molecule has 0 bridgehead atoms. The molecule has 0 saturated carbocycles. The third kappa shape index (κ3) is 2.14. The van der Waals surface area contributed by atoms with Gasteiger partial charge in [0.15, 0.2) is 0 Å². The lowest BCUT2D eigenvalue weighted by atomic mass is 9.91. The Morgan fingerprint density at radius 1 is 0.920 bits per heavy atom. The fraction of sp³-hybridized carbons (Fsp3) is 0.174. The highest BCUT2D eigenvalue weighted by molar-refractivity contribution is 6.07. The first-order valence-electron chi connectivity index (χ1n) is 8.91. The van der Waals surface area contributed by atoms with E-state index in [0.717, 1.165) is 30.7 Å². The molecule has 0 aliphatic carbocycles. The van der Waals surface area contributed by atoms with E-state index in [0.29, 0.717) is 0 Å². The molecule has 0 spiro atoms. The summed E-state index contributed by atoms with van der Waals surface area (Å²) in [5, 5.41) is 3.80. The summed E-state index contributed by atoms with van der Waals surface area (Å²) in [4.78, 5) is 4.73. The molecule has 0 saturated heterocycles. The molecule has 1 aliphatic rings. The zero-order valence-electron chi connectivity index (χ0n) is 14.3. The molecule has 0 N–H and O–H groups in total. The minimum absolute atomic E-state index is 0.750. The average Bonchev–Trinajstić information content (AvgIpc) is 2.68. The minimum atomic E-state index is 0.750. The summed E-state index contributed by atoms with van der Waals surface area (Å²) >= 11 is 0. The molecule has 0 amide bonds. The maximum atomic E-state index is 5.87. The van der Waals surface area contributed by atoms with Gasteiger partial charge in [0, 0.05) is 23.6 Å². The lowest BCUT2D eigenvalue weighted by Gasteiger charge is -2.20. The normalized spacial score (nSPS) is 13.2. The zero-order valence-corrected chi connectivity index (χ0v) is 14.3. The van der Waals surface area contributed by atoms with Crippen LogP contribution in [0.2, 0.25) is 0 Å². The molecule has 2 nitrogen and oxygen atoms in total. The number of nitrogens with zero attached hydrogens (tertiary/aromatic N) is 1. The number of hydrogen-bond donors (Lipinski definition) is 0. The number of pyridine rings is 1. The Labute approximate surface area is 147 Å². The van der Waals surface area contributed by atoms with Crippen LogP contribution in [-0.4, -0.2) is 11.6 Å². The van der Waals surface area contributed by atoms with Crippen LogP contribution in [0.1, 0.15) is 18.1 Å². The van der Waals surface area contributed by atoms with E-state index in [1.807, 2.05) is 6.20 Å². The van der Waals surface area contributed by atoms with Crippen molar-refractivity contribution in [2.75, 3.05) is 6.61 Å². The first kappa shape index (κ1) is 14.5. The first-order valence-corrected chi connectivity index (χ1v) is 8.91. The van der Waals surface area contributed by atoms with Crippen LogP contribution in [0.5, 0.6) is 5.75 Å². The minimum Gasteiger partial charge on any atom is -0.493 e. The molecule has 2 heterocycles. The van der Waals surface area contributed by atoms with Crippen molar-refractivity contribution in [3.8, 4) is 16.9 Å². The van der Waals surface area contributed by atoms with E-state index < -0.39 is 0 Å². The quantitative estimate of drug-likeness (QED) is 0.482. The molecular weight excluding hydrogens is 306 g/mol. The van der Waals surface area contributed by atoms with Crippen LogP contribution in [0.3, 0.4) is 0 Å². The number of benzene rings is 3. The van der Waals surface area contributed by atoms with Gasteiger partial charge in [-0.15, -0.1) is 0 Å². The Morgan fingerprint density at radius 3 is 2.64 bits per heavy atom. The summed E-state index contributed by atoms with van der Waals surface area (Å²) < 4.78 is 5.87. The second-order valence-corrected chi connectivity index (χ2v) is 6.57. The Balaban J connectivity index is 1.87. The van der Waals surface area contributed by atoms with E-state index >= 15 is 0 Å². The van der Waals surface area contributed by atoms with Gasteiger partial charge in [0.05, 0.1) is 12.1 Å². The fourth-order valence-electron chi connectivity index (χ4n) is 4.02. The smallest absolute Gasteiger partial charge is 0.129 e. The fourth-order valence-corrected chi connectivity index (χ4v) is 4.02. The molecule has 122 valence electrons. The van der Waals surface area contributed by atoms with E-state index in [9.17, 15) is 0 Å². The number of aromatic nitrogens is 1. The Bertz CT molecular complexity index is 1100. The Kier molecular flexibility index (Phi) is 3.24. The van der Waals surface area contributed by atoms with Gasteiger partial charge in [0.1, 0.15) is 5.75 Å². The van der Waals surface area contributed by atoms with Gasteiger partial charge < -0.3 is 4.74 Å². The Hall–Kier alpha value is -2.87. The van der Waals surface area contributed by atoms with Gasteiger partial charge in [-0.3, -0.25) is 4.98 Å². The van der Waals surface area contributed by atoms with Gasteiger partial charge in [0.25, 0.3) is 0 Å². The number of rotatable bonds is 2. The van der Waals surface area contributed by atoms with Crippen molar-refractivity contribution in [1.82, 2.24) is 4.98 Å². The van der Waals surface area contributed by atoms with Gasteiger partial charge in [-0.25, -0.2) is 0 Å². The van der Waals surface area contributed by atoms with Crippen molar-refractivity contribution in [2.24, 2.45) is 0 Å². The van der Waals surface area contributed by atoms with Gasteiger partial charge >= 0.3 is 0 Å².